The molecule has 1 aliphatic rings. The molecule has 51 heavy (non-hydrogen) atoms. The highest BCUT2D eigenvalue weighted by molar-refractivity contribution is 5.73. The number of hydrogen-bond acceptors (Lipinski definition) is 10. The summed E-state index contributed by atoms with van der Waals surface area (Å²) in [5.41, 5.74) is 0. The lowest BCUT2D eigenvalue weighted by Crippen LogP contribution is -2.60. The molecule has 1 rings (SSSR count). The second kappa shape index (κ2) is 31.5. The van der Waals surface area contributed by atoms with Gasteiger partial charge in [0, 0.05) is 12.8 Å². The number of carboxylic acid groups (broad SMARTS) is 1. The van der Waals surface area contributed by atoms with E-state index in [4.69, 9.17) is 18.9 Å². The number of hydrogen-bond donors (Lipinski definition) is 4. The van der Waals surface area contributed by atoms with Gasteiger partial charge >= 0.3 is 17.9 Å². The quantitative estimate of drug-likeness (QED) is 0.0297. The first kappa shape index (κ1) is 47.0. The summed E-state index contributed by atoms with van der Waals surface area (Å²) in [4.78, 5) is 36.6. The van der Waals surface area contributed by atoms with E-state index >= 15 is 0 Å². The van der Waals surface area contributed by atoms with Crippen molar-refractivity contribution in [2.75, 3.05) is 13.2 Å². The third kappa shape index (κ3) is 24.0. The van der Waals surface area contributed by atoms with E-state index in [0.717, 1.165) is 57.8 Å². The summed E-state index contributed by atoms with van der Waals surface area (Å²) < 4.78 is 21.6. The molecule has 0 aromatic heterocycles. The summed E-state index contributed by atoms with van der Waals surface area (Å²) in [5.74, 6) is -2.45. The number of aliphatic hydroxyl groups excluding tert-OH is 3. The van der Waals surface area contributed by atoms with Gasteiger partial charge in [0.1, 0.15) is 24.9 Å². The molecule has 6 atom stereocenters. The molecule has 0 aromatic rings. The molecular formula is C40H72O11. The third-order valence-corrected chi connectivity index (χ3v) is 9.36. The number of ether oxygens (including phenoxy) is 4. The predicted octanol–water partition coefficient (Wildman–Crippen LogP) is 7.70. The number of unbranched alkanes of at least 4 members (excludes halogenated alkanes) is 20. The lowest BCUT2D eigenvalue weighted by molar-refractivity contribution is -0.298. The van der Waals surface area contributed by atoms with Crippen molar-refractivity contribution in [1.82, 2.24) is 0 Å². The second-order valence-electron chi connectivity index (χ2n) is 14.1. The average Bonchev–Trinajstić information content (AvgIpc) is 3.11. The van der Waals surface area contributed by atoms with E-state index in [9.17, 15) is 34.8 Å². The first-order valence-electron chi connectivity index (χ1n) is 20.2. The highest BCUT2D eigenvalue weighted by Gasteiger charge is 2.47. The number of allylic oxidation sites excluding steroid dienone is 2. The summed E-state index contributed by atoms with van der Waals surface area (Å²) in [7, 11) is 0. The van der Waals surface area contributed by atoms with Crippen LogP contribution >= 0.6 is 0 Å². The van der Waals surface area contributed by atoms with Gasteiger partial charge in [0.05, 0.1) is 6.61 Å². The average molecular weight is 729 g/mol. The van der Waals surface area contributed by atoms with Gasteiger partial charge in [-0.3, -0.25) is 9.59 Å². The van der Waals surface area contributed by atoms with Crippen LogP contribution in [0.1, 0.15) is 174 Å². The zero-order valence-electron chi connectivity index (χ0n) is 31.9. The van der Waals surface area contributed by atoms with Gasteiger partial charge in [-0.2, -0.15) is 0 Å². The predicted molar refractivity (Wildman–Crippen MR) is 197 cm³/mol. The van der Waals surface area contributed by atoms with Crippen molar-refractivity contribution in [2.24, 2.45) is 0 Å². The van der Waals surface area contributed by atoms with Crippen molar-refractivity contribution in [1.29, 1.82) is 0 Å². The summed E-state index contributed by atoms with van der Waals surface area (Å²) in [5, 5.41) is 39.6. The summed E-state index contributed by atoms with van der Waals surface area (Å²) in [6, 6.07) is 0. The molecular weight excluding hydrogens is 656 g/mol. The molecule has 11 nitrogen and oxygen atoms in total. The fraction of sp³-hybridized carbons (Fsp3) is 0.875. The lowest BCUT2D eigenvalue weighted by atomic mass is 9.99. The Labute approximate surface area is 307 Å². The molecule has 0 saturated carbocycles. The molecule has 0 spiro atoms. The fourth-order valence-corrected chi connectivity index (χ4v) is 6.11. The molecule has 6 unspecified atom stereocenters. The van der Waals surface area contributed by atoms with Crippen molar-refractivity contribution in [3.05, 3.63) is 12.2 Å². The zero-order chi connectivity index (χ0) is 37.5. The first-order valence-corrected chi connectivity index (χ1v) is 20.2. The minimum atomic E-state index is -1.86. The van der Waals surface area contributed by atoms with Crippen LogP contribution in [0.5, 0.6) is 0 Å². The topological polar surface area (TPSA) is 169 Å². The van der Waals surface area contributed by atoms with E-state index in [-0.39, 0.29) is 26.1 Å². The van der Waals surface area contributed by atoms with Crippen LogP contribution in [0.25, 0.3) is 0 Å². The third-order valence-electron chi connectivity index (χ3n) is 9.36. The Morgan fingerprint density at radius 3 is 1.53 bits per heavy atom. The van der Waals surface area contributed by atoms with Crippen molar-refractivity contribution >= 4 is 17.9 Å². The number of rotatable bonds is 33. The molecule has 1 aliphatic heterocycles. The van der Waals surface area contributed by atoms with Gasteiger partial charge < -0.3 is 39.4 Å². The molecule has 11 heteroatoms. The lowest BCUT2D eigenvalue weighted by Gasteiger charge is -2.38. The molecule has 0 aliphatic carbocycles. The normalized spacial score (nSPS) is 21.2. The van der Waals surface area contributed by atoms with E-state index in [1.54, 1.807) is 0 Å². The first-order chi connectivity index (χ1) is 24.7. The highest BCUT2D eigenvalue weighted by Crippen LogP contribution is 2.23. The Hall–Kier alpha value is -2.05. The zero-order valence-corrected chi connectivity index (χ0v) is 31.9. The van der Waals surface area contributed by atoms with E-state index in [1.807, 2.05) is 0 Å². The van der Waals surface area contributed by atoms with Crippen molar-refractivity contribution in [2.45, 2.75) is 211 Å². The van der Waals surface area contributed by atoms with Crippen LogP contribution in [0.2, 0.25) is 0 Å². The Kier molecular flexibility index (Phi) is 29.0. The van der Waals surface area contributed by atoms with Crippen LogP contribution in [0.15, 0.2) is 12.2 Å². The van der Waals surface area contributed by atoms with Gasteiger partial charge in [-0.15, -0.1) is 0 Å². The van der Waals surface area contributed by atoms with Gasteiger partial charge in [0.25, 0.3) is 0 Å². The summed E-state index contributed by atoms with van der Waals surface area (Å²) in [6.07, 6.45) is 21.3. The van der Waals surface area contributed by atoms with Crippen LogP contribution < -0.4 is 0 Å². The van der Waals surface area contributed by atoms with Crippen LogP contribution in [-0.4, -0.2) is 88.4 Å². The number of carbonyl (C=O) groups is 3. The Bertz CT molecular complexity index is 911. The van der Waals surface area contributed by atoms with Crippen LogP contribution in [0.3, 0.4) is 0 Å². The van der Waals surface area contributed by atoms with E-state index in [0.29, 0.717) is 12.8 Å². The second-order valence-corrected chi connectivity index (χ2v) is 14.1. The smallest absolute Gasteiger partial charge is 0.335 e. The Morgan fingerprint density at radius 1 is 0.588 bits per heavy atom. The van der Waals surface area contributed by atoms with Crippen LogP contribution in [0, 0.1) is 0 Å². The maximum absolute atomic E-state index is 12.7. The van der Waals surface area contributed by atoms with Gasteiger partial charge in [-0.25, -0.2) is 4.79 Å². The molecule has 0 bridgehead atoms. The fourth-order valence-electron chi connectivity index (χ4n) is 6.11. The van der Waals surface area contributed by atoms with Crippen molar-refractivity contribution in [3.8, 4) is 0 Å². The minimum absolute atomic E-state index is 0.185. The summed E-state index contributed by atoms with van der Waals surface area (Å²) in [6.45, 7) is 3.77. The largest absolute Gasteiger partial charge is 0.479 e. The highest BCUT2D eigenvalue weighted by atomic mass is 16.7. The molecule has 0 amide bonds. The van der Waals surface area contributed by atoms with Crippen LogP contribution in [0.4, 0.5) is 0 Å². The maximum Gasteiger partial charge on any atom is 0.335 e. The van der Waals surface area contributed by atoms with Gasteiger partial charge in [-0.05, 0) is 38.5 Å². The molecule has 0 radical (unpaired) electrons. The van der Waals surface area contributed by atoms with Crippen molar-refractivity contribution in [3.63, 3.8) is 0 Å². The van der Waals surface area contributed by atoms with Gasteiger partial charge in [0.15, 0.2) is 18.5 Å². The molecule has 0 aromatic carbocycles. The maximum atomic E-state index is 12.7. The molecule has 298 valence electrons. The Balaban J connectivity index is 2.42. The standard InChI is InChI=1S/C40H72O11/c1-3-5-7-9-11-13-15-16-17-19-20-22-24-26-28-33(41)48-30-32(31-49-40-37(45)35(43)36(44)38(51-40)39(46)47)50-34(42)29-27-25-23-21-18-14-12-10-8-6-4-2/h15-16,32,35-38,40,43-45H,3-14,17-31H2,1-2H3,(H,46,47)/b16-15-. The number of carbonyl (C=O) groups excluding carboxylic acids is 2. The van der Waals surface area contributed by atoms with E-state index < -0.39 is 54.7 Å². The molecule has 1 heterocycles. The SMILES string of the molecule is CCCCCCC/C=C\CCCCCCCC(=O)OCC(COC1OC(C(=O)O)C(O)C(O)C1O)OC(=O)CCCCCCCCCCCCC. The summed E-state index contributed by atoms with van der Waals surface area (Å²) >= 11 is 0. The van der Waals surface area contributed by atoms with Crippen LogP contribution in [-0.2, 0) is 33.3 Å². The number of esters is 2. The number of aliphatic carboxylic acids is 1. The molecule has 1 fully saturated rings. The number of carboxylic acids is 1. The minimum Gasteiger partial charge on any atom is -0.479 e. The van der Waals surface area contributed by atoms with Gasteiger partial charge in [-0.1, -0.05) is 135 Å². The Morgan fingerprint density at radius 2 is 1.04 bits per heavy atom. The molecule has 1 saturated heterocycles. The van der Waals surface area contributed by atoms with E-state index in [1.165, 1.54) is 77.0 Å². The number of aliphatic hydroxyl groups is 3. The van der Waals surface area contributed by atoms with E-state index in [2.05, 4.69) is 26.0 Å². The van der Waals surface area contributed by atoms with Crippen molar-refractivity contribution < 1.29 is 53.8 Å². The molecule has 4 N–H and O–H groups in total. The van der Waals surface area contributed by atoms with Gasteiger partial charge in [0.2, 0.25) is 0 Å². The monoisotopic (exact) mass is 729 g/mol.